The summed E-state index contributed by atoms with van der Waals surface area (Å²) >= 11 is 1.42. The normalized spacial score (nSPS) is 12.1. The number of ether oxygens (including phenoxy) is 1. The van der Waals surface area contributed by atoms with Crippen LogP contribution in [0.4, 0.5) is 0 Å². The maximum Gasteiger partial charge on any atom is 0.192 e. The van der Waals surface area contributed by atoms with Crippen LogP contribution in [0.5, 0.6) is 0 Å². The number of carbonyl (C=O) groups is 1. The van der Waals surface area contributed by atoms with Crippen molar-refractivity contribution in [3.63, 3.8) is 0 Å². The molecule has 0 fully saturated rings. The number of methoxy groups -OCH3 is 1. The molecule has 0 amide bonds. The van der Waals surface area contributed by atoms with Crippen LogP contribution in [0, 0.1) is 13.8 Å². The molecule has 0 aliphatic rings. The van der Waals surface area contributed by atoms with Gasteiger partial charge in [-0.1, -0.05) is 29.5 Å². The molecule has 1 unspecified atom stereocenters. The van der Waals surface area contributed by atoms with Crippen LogP contribution in [0.15, 0.2) is 47.9 Å². The van der Waals surface area contributed by atoms with Crippen molar-refractivity contribution in [3.05, 3.63) is 59.4 Å². The van der Waals surface area contributed by atoms with Crippen LogP contribution in [-0.2, 0) is 11.3 Å². The van der Waals surface area contributed by atoms with Crippen molar-refractivity contribution in [2.45, 2.75) is 37.7 Å². The van der Waals surface area contributed by atoms with E-state index in [4.69, 9.17) is 4.74 Å². The van der Waals surface area contributed by atoms with E-state index in [1.165, 1.54) is 11.8 Å². The van der Waals surface area contributed by atoms with Crippen molar-refractivity contribution >= 4 is 17.5 Å². The van der Waals surface area contributed by atoms with Gasteiger partial charge in [0.1, 0.15) is 0 Å². The van der Waals surface area contributed by atoms with Gasteiger partial charge in [0.2, 0.25) is 0 Å². The number of rotatable bonds is 8. The van der Waals surface area contributed by atoms with E-state index < -0.39 is 0 Å². The zero-order valence-electron chi connectivity index (χ0n) is 16.5. The molecule has 0 spiro atoms. The lowest BCUT2D eigenvalue weighted by molar-refractivity contribution is 0.0993. The predicted molar refractivity (Wildman–Crippen MR) is 111 cm³/mol. The van der Waals surface area contributed by atoms with E-state index in [0.717, 1.165) is 28.1 Å². The minimum atomic E-state index is -0.281. The zero-order chi connectivity index (χ0) is 20.1. The molecule has 28 heavy (non-hydrogen) atoms. The van der Waals surface area contributed by atoms with Crippen molar-refractivity contribution in [1.29, 1.82) is 0 Å². The molecule has 0 radical (unpaired) electrons. The molecule has 7 heteroatoms. The van der Waals surface area contributed by atoms with E-state index >= 15 is 0 Å². The van der Waals surface area contributed by atoms with Crippen molar-refractivity contribution in [1.82, 2.24) is 19.7 Å². The third-order valence-corrected chi connectivity index (χ3v) is 5.56. The maximum absolute atomic E-state index is 13.0. The predicted octanol–water partition coefficient (Wildman–Crippen LogP) is 3.97. The standard InChI is InChI=1S/C21H24N4O2S/c1-14-5-6-15(2)18(13-14)19(26)16(3)28-21-24-23-20(25(21)11-12-27-4)17-7-9-22-10-8-17/h5-10,13,16H,11-12H2,1-4H3. The highest BCUT2D eigenvalue weighted by atomic mass is 32.2. The number of Topliss-reactive ketones (excluding diaryl/α,β-unsaturated/α-hetero) is 1. The fraction of sp³-hybridized carbons (Fsp3) is 0.333. The van der Waals surface area contributed by atoms with Crippen LogP contribution in [-0.4, -0.2) is 44.5 Å². The molecule has 1 aromatic carbocycles. The molecule has 6 nitrogen and oxygen atoms in total. The molecule has 2 aromatic heterocycles. The Morgan fingerprint density at radius 3 is 2.64 bits per heavy atom. The van der Waals surface area contributed by atoms with Gasteiger partial charge in [0, 0.05) is 30.6 Å². The molecular weight excluding hydrogens is 372 g/mol. The van der Waals surface area contributed by atoms with E-state index in [-0.39, 0.29) is 11.0 Å². The second kappa shape index (κ2) is 9.12. The van der Waals surface area contributed by atoms with Crippen LogP contribution in [0.2, 0.25) is 0 Å². The van der Waals surface area contributed by atoms with Gasteiger partial charge in [-0.25, -0.2) is 0 Å². The molecule has 3 aromatic rings. The average Bonchev–Trinajstić information content (AvgIpc) is 3.10. The molecule has 0 bridgehead atoms. The van der Waals surface area contributed by atoms with Gasteiger partial charge >= 0.3 is 0 Å². The third kappa shape index (κ3) is 4.48. The first-order chi connectivity index (χ1) is 13.5. The van der Waals surface area contributed by atoms with E-state index in [9.17, 15) is 4.79 Å². The van der Waals surface area contributed by atoms with Gasteiger partial charge in [-0.05, 0) is 44.5 Å². The molecule has 0 aliphatic heterocycles. The number of ketones is 1. The summed E-state index contributed by atoms with van der Waals surface area (Å²) in [4.78, 5) is 17.1. The van der Waals surface area contributed by atoms with Gasteiger partial charge in [0.15, 0.2) is 16.8 Å². The van der Waals surface area contributed by atoms with Gasteiger partial charge in [0.25, 0.3) is 0 Å². The third-order valence-electron chi connectivity index (χ3n) is 4.48. The summed E-state index contributed by atoms with van der Waals surface area (Å²) in [5, 5.41) is 9.13. The number of carbonyl (C=O) groups excluding carboxylic acids is 1. The van der Waals surface area contributed by atoms with Gasteiger partial charge in [-0.15, -0.1) is 10.2 Å². The van der Waals surface area contributed by atoms with E-state index in [0.29, 0.717) is 18.3 Å². The maximum atomic E-state index is 13.0. The van der Waals surface area contributed by atoms with Gasteiger partial charge < -0.3 is 4.74 Å². The number of aromatic nitrogens is 4. The highest BCUT2D eigenvalue weighted by molar-refractivity contribution is 8.00. The lowest BCUT2D eigenvalue weighted by Crippen LogP contribution is -2.17. The van der Waals surface area contributed by atoms with Crippen molar-refractivity contribution < 1.29 is 9.53 Å². The Kier molecular flexibility index (Phi) is 6.59. The van der Waals surface area contributed by atoms with Crippen molar-refractivity contribution in [3.8, 4) is 11.4 Å². The fourth-order valence-corrected chi connectivity index (χ4v) is 3.85. The Labute approximate surface area is 169 Å². The molecule has 2 heterocycles. The summed E-state index contributed by atoms with van der Waals surface area (Å²) in [5.41, 5.74) is 3.76. The fourth-order valence-electron chi connectivity index (χ4n) is 2.91. The first kappa shape index (κ1) is 20.2. The van der Waals surface area contributed by atoms with Gasteiger partial charge in [-0.3, -0.25) is 14.3 Å². The lowest BCUT2D eigenvalue weighted by atomic mass is 10.0. The summed E-state index contributed by atoms with van der Waals surface area (Å²) < 4.78 is 7.24. The molecular formula is C21H24N4O2S. The monoisotopic (exact) mass is 396 g/mol. The average molecular weight is 397 g/mol. The molecule has 0 saturated heterocycles. The quantitative estimate of drug-likeness (QED) is 0.424. The summed E-state index contributed by atoms with van der Waals surface area (Å²) in [5.74, 6) is 0.839. The smallest absolute Gasteiger partial charge is 0.192 e. The zero-order valence-corrected chi connectivity index (χ0v) is 17.4. The summed E-state index contributed by atoms with van der Waals surface area (Å²) in [7, 11) is 1.66. The molecule has 0 saturated carbocycles. The first-order valence-electron chi connectivity index (χ1n) is 9.12. The van der Waals surface area contributed by atoms with E-state index in [2.05, 4.69) is 15.2 Å². The summed E-state index contributed by atoms with van der Waals surface area (Å²) in [6.45, 7) is 7.01. The number of hydrogen-bond acceptors (Lipinski definition) is 6. The number of nitrogens with zero attached hydrogens (tertiary/aromatic N) is 4. The van der Waals surface area contributed by atoms with Crippen LogP contribution >= 0.6 is 11.8 Å². The first-order valence-corrected chi connectivity index (χ1v) is 10.00. The number of hydrogen-bond donors (Lipinski definition) is 0. The van der Waals surface area contributed by atoms with E-state index in [1.807, 2.05) is 55.7 Å². The van der Waals surface area contributed by atoms with Gasteiger partial charge in [0.05, 0.1) is 18.4 Å². The number of thioether (sulfide) groups is 1. The van der Waals surface area contributed by atoms with Crippen LogP contribution in [0.3, 0.4) is 0 Å². The summed E-state index contributed by atoms with van der Waals surface area (Å²) in [6, 6.07) is 9.75. The molecule has 0 N–H and O–H groups in total. The van der Waals surface area contributed by atoms with Crippen LogP contribution < -0.4 is 0 Å². The molecule has 0 aliphatic carbocycles. The Bertz CT molecular complexity index is 956. The number of pyridine rings is 1. The van der Waals surface area contributed by atoms with E-state index in [1.54, 1.807) is 19.5 Å². The highest BCUT2D eigenvalue weighted by Crippen LogP contribution is 2.29. The lowest BCUT2D eigenvalue weighted by Gasteiger charge is -2.14. The largest absolute Gasteiger partial charge is 0.383 e. The van der Waals surface area contributed by atoms with Crippen LogP contribution in [0.1, 0.15) is 28.4 Å². The van der Waals surface area contributed by atoms with Crippen molar-refractivity contribution in [2.75, 3.05) is 13.7 Å². The van der Waals surface area contributed by atoms with Crippen molar-refractivity contribution in [2.24, 2.45) is 0 Å². The second-order valence-electron chi connectivity index (χ2n) is 6.63. The Morgan fingerprint density at radius 1 is 1.18 bits per heavy atom. The number of aryl methyl sites for hydroxylation is 2. The van der Waals surface area contributed by atoms with Gasteiger partial charge in [-0.2, -0.15) is 0 Å². The Morgan fingerprint density at radius 2 is 1.93 bits per heavy atom. The topological polar surface area (TPSA) is 69.9 Å². The Hall–Kier alpha value is -2.51. The number of benzene rings is 1. The minimum absolute atomic E-state index is 0.0953. The molecule has 1 atom stereocenters. The second-order valence-corrected chi connectivity index (χ2v) is 7.94. The highest BCUT2D eigenvalue weighted by Gasteiger charge is 2.23. The van der Waals surface area contributed by atoms with Crippen LogP contribution in [0.25, 0.3) is 11.4 Å². The molecule has 3 rings (SSSR count). The molecule has 146 valence electrons. The SMILES string of the molecule is COCCn1c(SC(C)C(=O)c2cc(C)ccc2C)nnc1-c1ccncc1. The summed E-state index contributed by atoms with van der Waals surface area (Å²) in [6.07, 6.45) is 3.45. The minimum Gasteiger partial charge on any atom is -0.383 e. The Balaban J connectivity index is 1.87.